The van der Waals surface area contributed by atoms with Gasteiger partial charge in [-0.1, -0.05) is 13.8 Å². The van der Waals surface area contributed by atoms with E-state index in [1.807, 2.05) is 0 Å². The van der Waals surface area contributed by atoms with Crippen LogP contribution in [0.15, 0.2) is 0 Å². The predicted molar refractivity (Wildman–Crippen MR) is 144 cm³/mol. The molecule has 11 nitrogen and oxygen atoms in total. The van der Waals surface area contributed by atoms with Crippen LogP contribution in [0.3, 0.4) is 0 Å². The van der Waals surface area contributed by atoms with Gasteiger partial charge in [-0.15, -0.1) is 0 Å². The van der Waals surface area contributed by atoms with E-state index in [9.17, 15) is 32.3 Å². The third-order valence-corrected chi connectivity index (χ3v) is 9.06. The number of rotatable bonds is 8. The summed E-state index contributed by atoms with van der Waals surface area (Å²) in [4.78, 5) is 61.5. The number of amides is 3. The molecule has 14 heteroatoms. The number of halogens is 3. The summed E-state index contributed by atoms with van der Waals surface area (Å²) in [6.07, 6.45) is 3.79. The second-order valence-corrected chi connectivity index (χ2v) is 13.2. The smallest absolute Gasteiger partial charge is 0.475 e. The SMILES string of the molecule is COC(=O)CC[C@H](NC(=O)[C@@H]1CCCCN1C(=O)CN)C(=O)NC12CC3CC(C)(CC(C)(C3)C1)C2.O=C(O)C(F)(F)F. The molecule has 5 fully saturated rings. The number of likely N-dealkylation sites (tertiary alicyclic amines) is 1. The Morgan fingerprint density at radius 3 is 2.14 bits per heavy atom. The zero-order chi connectivity index (χ0) is 31.5. The Bertz CT molecular complexity index is 1050. The number of nitrogens with one attached hydrogen (secondary N) is 2. The van der Waals surface area contributed by atoms with Crippen LogP contribution < -0.4 is 16.4 Å². The van der Waals surface area contributed by atoms with Gasteiger partial charge in [-0.3, -0.25) is 19.2 Å². The van der Waals surface area contributed by atoms with Crippen LogP contribution in [-0.2, 0) is 28.7 Å². The molecule has 1 heterocycles. The fraction of sp³-hybridized carbons (Fsp3) is 0.821. The van der Waals surface area contributed by atoms with Gasteiger partial charge in [0.15, 0.2) is 0 Å². The van der Waals surface area contributed by atoms with Gasteiger partial charge in [-0.05, 0) is 81.0 Å². The molecule has 0 aromatic carbocycles. The lowest BCUT2D eigenvalue weighted by Gasteiger charge is -2.65. The van der Waals surface area contributed by atoms with Crippen molar-refractivity contribution in [3.63, 3.8) is 0 Å². The zero-order valence-electron chi connectivity index (χ0n) is 24.5. The fourth-order valence-corrected chi connectivity index (χ4v) is 8.46. The largest absolute Gasteiger partial charge is 0.490 e. The quantitative estimate of drug-likeness (QED) is 0.306. The van der Waals surface area contributed by atoms with Crippen LogP contribution in [0.2, 0.25) is 0 Å². The van der Waals surface area contributed by atoms with Gasteiger partial charge in [0.05, 0.1) is 13.7 Å². The van der Waals surface area contributed by atoms with Crippen LogP contribution in [0.4, 0.5) is 13.2 Å². The molecule has 5 N–H and O–H groups in total. The number of esters is 1. The second kappa shape index (κ2) is 12.8. The lowest BCUT2D eigenvalue weighted by molar-refractivity contribution is -0.192. The minimum atomic E-state index is -5.08. The standard InChI is InChI=1S/C26H42N4O5.C2HF3O2/c1-24-10-17-11-25(2,14-24)16-26(12-17,15-24)29-22(33)18(7-8-21(32)35-3)28-23(34)19-6-4-5-9-30(19)20(31)13-27;3-2(4,5)1(6)7/h17-19H,4-16,27H2,1-3H3,(H,28,34)(H,29,33);(H,6,7)/t17?,18-,19-,24?,25?,26?;/m0./s1. The fourth-order valence-electron chi connectivity index (χ4n) is 8.46. The molecule has 2 unspecified atom stereocenters. The summed E-state index contributed by atoms with van der Waals surface area (Å²) in [7, 11) is 1.31. The van der Waals surface area contributed by atoms with Crippen molar-refractivity contribution in [2.24, 2.45) is 22.5 Å². The van der Waals surface area contributed by atoms with Crippen LogP contribution >= 0.6 is 0 Å². The van der Waals surface area contributed by atoms with E-state index < -0.39 is 30.2 Å². The van der Waals surface area contributed by atoms with Gasteiger partial charge in [-0.2, -0.15) is 13.2 Å². The van der Waals surface area contributed by atoms with E-state index in [0.29, 0.717) is 18.9 Å². The van der Waals surface area contributed by atoms with E-state index in [1.165, 1.54) is 31.3 Å². The molecule has 5 aliphatic rings. The molecule has 238 valence electrons. The molecule has 5 rings (SSSR count). The maximum absolute atomic E-state index is 13.6. The number of methoxy groups -OCH3 is 1. The van der Waals surface area contributed by atoms with Crippen molar-refractivity contribution < 1.29 is 47.0 Å². The number of aliphatic carboxylic acids is 1. The van der Waals surface area contributed by atoms with Gasteiger partial charge in [-0.25, -0.2) is 4.79 Å². The highest BCUT2D eigenvalue weighted by Gasteiger charge is 2.60. The Labute approximate surface area is 243 Å². The molecule has 4 bridgehead atoms. The van der Waals surface area contributed by atoms with E-state index in [-0.39, 0.29) is 53.5 Å². The Morgan fingerprint density at radius 1 is 1.05 bits per heavy atom. The van der Waals surface area contributed by atoms with Crippen molar-refractivity contribution in [1.82, 2.24) is 15.5 Å². The van der Waals surface area contributed by atoms with Crippen molar-refractivity contribution in [3.05, 3.63) is 0 Å². The number of carboxylic acids is 1. The Kier molecular flexibility index (Phi) is 10.2. The first-order valence-corrected chi connectivity index (χ1v) is 14.4. The minimum Gasteiger partial charge on any atom is -0.475 e. The number of hydrogen-bond acceptors (Lipinski definition) is 7. The molecule has 1 aliphatic heterocycles. The van der Waals surface area contributed by atoms with Gasteiger partial charge >= 0.3 is 18.1 Å². The first-order valence-electron chi connectivity index (χ1n) is 14.4. The molecule has 0 aromatic rings. The van der Waals surface area contributed by atoms with Crippen LogP contribution in [0, 0.1) is 16.7 Å². The van der Waals surface area contributed by atoms with E-state index >= 15 is 0 Å². The monoisotopic (exact) mass is 604 g/mol. The number of carbonyl (C=O) groups is 5. The van der Waals surface area contributed by atoms with Gasteiger partial charge in [0.2, 0.25) is 17.7 Å². The van der Waals surface area contributed by atoms with E-state index in [2.05, 4.69) is 24.5 Å². The topological polar surface area (TPSA) is 168 Å². The van der Waals surface area contributed by atoms with Gasteiger partial charge < -0.3 is 31.1 Å². The summed E-state index contributed by atoms with van der Waals surface area (Å²) in [5, 5.41) is 13.4. The van der Waals surface area contributed by atoms with Gasteiger partial charge in [0.1, 0.15) is 12.1 Å². The summed E-state index contributed by atoms with van der Waals surface area (Å²) in [5.74, 6) is -3.44. The second-order valence-electron chi connectivity index (χ2n) is 13.2. The Morgan fingerprint density at radius 2 is 1.64 bits per heavy atom. The minimum absolute atomic E-state index is 0.0238. The average Bonchev–Trinajstić information content (AvgIpc) is 2.87. The molecule has 4 atom stereocenters. The lowest BCUT2D eigenvalue weighted by Crippen LogP contribution is -2.67. The van der Waals surface area contributed by atoms with Crippen molar-refractivity contribution >= 4 is 29.7 Å². The van der Waals surface area contributed by atoms with E-state index in [0.717, 1.165) is 32.1 Å². The normalized spacial score (nSPS) is 32.2. The number of carboxylic acid groups (broad SMARTS) is 1. The molecule has 1 saturated heterocycles. The van der Waals surface area contributed by atoms with Crippen molar-refractivity contribution in [3.8, 4) is 0 Å². The van der Waals surface area contributed by atoms with Crippen LogP contribution in [-0.4, -0.2) is 83.7 Å². The van der Waals surface area contributed by atoms with Crippen LogP contribution in [0.1, 0.15) is 84.5 Å². The molecule has 3 amide bonds. The summed E-state index contributed by atoms with van der Waals surface area (Å²) in [6, 6.07) is -1.52. The first kappa shape index (κ1) is 33.6. The number of hydrogen-bond donors (Lipinski definition) is 4. The number of piperidine rings is 1. The van der Waals surface area contributed by atoms with Crippen LogP contribution in [0.5, 0.6) is 0 Å². The molecule has 0 aromatic heterocycles. The summed E-state index contributed by atoms with van der Waals surface area (Å²) >= 11 is 0. The third-order valence-electron chi connectivity index (χ3n) is 9.06. The third kappa shape index (κ3) is 8.13. The first-order chi connectivity index (χ1) is 19.4. The number of carbonyl (C=O) groups excluding carboxylic acids is 4. The van der Waals surface area contributed by atoms with Crippen molar-refractivity contribution in [2.75, 3.05) is 20.2 Å². The highest BCUT2D eigenvalue weighted by atomic mass is 19.4. The molecule has 4 saturated carbocycles. The predicted octanol–water partition coefficient (Wildman–Crippen LogP) is 2.26. The number of nitrogens with two attached hydrogens (primary N) is 1. The number of ether oxygens (including phenoxy) is 1. The summed E-state index contributed by atoms with van der Waals surface area (Å²) in [6.45, 7) is 5.02. The van der Waals surface area contributed by atoms with E-state index in [1.54, 1.807) is 0 Å². The molecular weight excluding hydrogens is 561 g/mol. The summed E-state index contributed by atoms with van der Waals surface area (Å²) < 4.78 is 36.5. The maximum Gasteiger partial charge on any atom is 0.490 e. The highest BCUT2D eigenvalue weighted by Crippen LogP contribution is 2.66. The molecular formula is C28H43F3N4O7. The van der Waals surface area contributed by atoms with Crippen LogP contribution in [0.25, 0.3) is 0 Å². The molecule has 42 heavy (non-hydrogen) atoms. The highest BCUT2D eigenvalue weighted by molar-refractivity contribution is 5.93. The zero-order valence-corrected chi connectivity index (χ0v) is 24.5. The van der Waals surface area contributed by atoms with E-state index in [4.69, 9.17) is 20.4 Å². The van der Waals surface area contributed by atoms with Gasteiger partial charge in [0, 0.05) is 18.5 Å². The van der Waals surface area contributed by atoms with Gasteiger partial charge in [0.25, 0.3) is 0 Å². The molecule has 0 spiro atoms. The summed E-state index contributed by atoms with van der Waals surface area (Å²) in [5.41, 5.74) is 5.76. The van der Waals surface area contributed by atoms with Crippen molar-refractivity contribution in [1.29, 1.82) is 0 Å². The Balaban J connectivity index is 0.000000616. The molecule has 4 aliphatic carbocycles. The average molecular weight is 605 g/mol. The number of nitrogens with zero attached hydrogens (tertiary/aromatic N) is 1. The lowest BCUT2D eigenvalue weighted by atomic mass is 9.43. The number of alkyl halides is 3. The maximum atomic E-state index is 13.6. The molecule has 0 radical (unpaired) electrons. The van der Waals surface area contributed by atoms with Crippen molar-refractivity contribution in [2.45, 2.75) is 108 Å². The Hall–Kier alpha value is -2.90.